The Balaban J connectivity index is 3.35. The average molecular weight is 285 g/mol. The van der Waals surface area contributed by atoms with Crippen LogP contribution < -0.4 is 4.74 Å². The van der Waals surface area contributed by atoms with Gasteiger partial charge in [-0.05, 0) is 42.0 Å². The first-order valence-corrected chi connectivity index (χ1v) is 6.72. The number of rotatable bonds is 4. The number of hydrogen-bond donors (Lipinski definition) is 0. The van der Waals surface area contributed by atoms with Gasteiger partial charge in [-0.15, -0.1) is 0 Å². The molecule has 0 atom stereocenters. The monoisotopic (exact) mass is 284 g/mol. The van der Waals surface area contributed by atoms with Crippen LogP contribution in [0.15, 0.2) is 16.6 Å². The van der Waals surface area contributed by atoms with Crippen LogP contribution in [0.5, 0.6) is 5.75 Å². The minimum absolute atomic E-state index is 0.483. The number of hydrogen-bond acceptors (Lipinski definition) is 1. The van der Waals surface area contributed by atoms with Gasteiger partial charge in [0, 0.05) is 4.47 Å². The fourth-order valence-corrected chi connectivity index (χ4v) is 2.30. The minimum atomic E-state index is 0.483. The first kappa shape index (κ1) is 13.6. The van der Waals surface area contributed by atoms with Gasteiger partial charge >= 0.3 is 0 Å². The van der Waals surface area contributed by atoms with Crippen molar-refractivity contribution in [1.82, 2.24) is 0 Å². The number of ether oxygens (including phenoxy) is 1. The summed E-state index contributed by atoms with van der Waals surface area (Å²) in [6.07, 6.45) is 0. The van der Waals surface area contributed by atoms with Crippen LogP contribution in [0.3, 0.4) is 0 Å². The summed E-state index contributed by atoms with van der Waals surface area (Å²) in [5.41, 5.74) is 2.58. The van der Waals surface area contributed by atoms with E-state index < -0.39 is 0 Å². The molecule has 1 aromatic carbocycles. The van der Waals surface area contributed by atoms with Crippen molar-refractivity contribution in [2.75, 3.05) is 6.61 Å². The largest absolute Gasteiger partial charge is 0.493 e. The van der Waals surface area contributed by atoms with E-state index in [1.807, 2.05) is 6.92 Å². The van der Waals surface area contributed by atoms with Gasteiger partial charge in [0.05, 0.1) is 6.61 Å². The van der Waals surface area contributed by atoms with E-state index in [1.54, 1.807) is 0 Å². The highest BCUT2D eigenvalue weighted by Crippen LogP contribution is 2.37. The maximum absolute atomic E-state index is 5.82. The van der Waals surface area contributed by atoms with Crippen molar-refractivity contribution in [3.63, 3.8) is 0 Å². The molecule has 0 radical (unpaired) electrons. The van der Waals surface area contributed by atoms with Gasteiger partial charge in [0.25, 0.3) is 0 Å². The van der Waals surface area contributed by atoms with E-state index in [9.17, 15) is 0 Å². The third-order valence-corrected chi connectivity index (χ3v) is 3.10. The topological polar surface area (TPSA) is 9.23 Å². The van der Waals surface area contributed by atoms with Crippen LogP contribution in [0.4, 0.5) is 0 Å². The molecule has 0 amide bonds. The quantitative estimate of drug-likeness (QED) is 0.748. The second-order valence-corrected chi connectivity index (χ2v) is 5.57. The molecule has 1 nitrogen and oxygen atoms in total. The number of halogens is 1. The molecule has 0 fully saturated rings. The molecule has 1 aromatic rings. The van der Waals surface area contributed by atoms with Crippen molar-refractivity contribution in [2.45, 2.75) is 46.5 Å². The number of benzene rings is 1. The smallest absolute Gasteiger partial charge is 0.126 e. The maximum atomic E-state index is 5.82. The Morgan fingerprint density at radius 2 is 1.50 bits per heavy atom. The highest BCUT2D eigenvalue weighted by molar-refractivity contribution is 9.10. The van der Waals surface area contributed by atoms with Crippen LogP contribution in [0.2, 0.25) is 0 Å². The minimum Gasteiger partial charge on any atom is -0.493 e. The zero-order valence-electron chi connectivity index (χ0n) is 10.8. The molecule has 0 bridgehead atoms. The molecule has 0 aromatic heterocycles. The van der Waals surface area contributed by atoms with Crippen molar-refractivity contribution in [1.29, 1.82) is 0 Å². The van der Waals surface area contributed by atoms with Gasteiger partial charge in [-0.1, -0.05) is 43.6 Å². The van der Waals surface area contributed by atoms with E-state index in [1.165, 1.54) is 11.1 Å². The van der Waals surface area contributed by atoms with Crippen molar-refractivity contribution in [3.8, 4) is 5.75 Å². The van der Waals surface area contributed by atoms with Crippen LogP contribution in [0.25, 0.3) is 0 Å². The molecule has 1 rings (SSSR count). The van der Waals surface area contributed by atoms with Gasteiger partial charge in [0.2, 0.25) is 0 Å². The molecule has 0 aliphatic rings. The Morgan fingerprint density at radius 3 is 1.81 bits per heavy atom. The highest BCUT2D eigenvalue weighted by Gasteiger charge is 2.16. The predicted molar refractivity (Wildman–Crippen MR) is 73.5 cm³/mol. The first-order chi connectivity index (χ1) is 7.47. The SMILES string of the molecule is CCOc1c(C(C)C)cc(Br)cc1C(C)C. The summed E-state index contributed by atoms with van der Waals surface area (Å²) in [7, 11) is 0. The Morgan fingerprint density at radius 1 is 1.06 bits per heavy atom. The van der Waals surface area contributed by atoms with Gasteiger partial charge in [-0.25, -0.2) is 0 Å². The lowest BCUT2D eigenvalue weighted by molar-refractivity contribution is 0.330. The summed E-state index contributed by atoms with van der Waals surface area (Å²) in [5.74, 6) is 2.05. The second-order valence-electron chi connectivity index (χ2n) is 4.66. The molecule has 0 saturated heterocycles. The average Bonchev–Trinajstić information content (AvgIpc) is 2.19. The van der Waals surface area contributed by atoms with Crippen LogP contribution in [-0.2, 0) is 0 Å². The van der Waals surface area contributed by atoms with Gasteiger partial charge < -0.3 is 4.74 Å². The van der Waals surface area contributed by atoms with E-state index in [0.717, 1.165) is 16.8 Å². The first-order valence-electron chi connectivity index (χ1n) is 5.93. The third-order valence-electron chi connectivity index (χ3n) is 2.64. The molecule has 0 N–H and O–H groups in total. The van der Waals surface area contributed by atoms with Crippen molar-refractivity contribution >= 4 is 15.9 Å². The summed E-state index contributed by atoms with van der Waals surface area (Å²) < 4.78 is 6.97. The lowest BCUT2D eigenvalue weighted by atomic mass is 9.94. The fourth-order valence-electron chi connectivity index (χ4n) is 1.81. The second kappa shape index (κ2) is 5.72. The summed E-state index contributed by atoms with van der Waals surface area (Å²) in [6.45, 7) is 11.6. The van der Waals surface area contributed by atoms with Gasteiger partial charge in [0.15, 0.2) is 0 Å². The Hall–Kier alpha value is -0.500. The van der Waals surface area contributed by atoms with E-state index >= 15 is 0 Å². The van der Waals surface area contributed by atoms with Gasteiger partial charge in [-0.2, -0.15) is 0 Å². The molecule has 0 unspecified atom stereocenters. The van der Waals surface area contributed by atoms with Gasteiger partial charge in [0.1, 0.15) is 5.75 Å². The Kier molecular flexibility index (Phi) is 4.85. The fraction of sp³-hybridized carbons (Fsp3) is 0.571. The summed E-state index contributed by atoms with van der Waals surface area (Å²) in [6, 6.07) is 4.34. The van der Waals surface area contributed by atoms with E-state index in [4.69, 9.17) is 4.74 Å². The molecular formula is C14H21BrO. The zero-order chi connectivity index (χ0) is 12.3. The molecule has 0 saturated carbocycles. The predicted octanol–water partition coefficient (Wildman–Crippen LogP) is 5.09. The highest BCUT2D eigenvalue weighted by atomic mass is 79.9. The molecule has 0 spiro atoms. The summed E-state index contributed by atoms with van der Waals surface area (Å²) in [4.78, 5) is 0. The van der Waals surface area contributed by atoms with E-state index in [0.29, 0.717) is 11.8 Å². The molecule has 90 valence electrons. The molecular weight excluding hydrogens is 264 g/mol. The van der Waals surface area contributed by atoms with Gasteiger partial charge in [-0.3, -0.25) is 0 Å². The lowest BCUT2D eigenvalue weighted by Crippen LogP contribution is -2.03. The Labute approximate surface area is 107 Å². The standard InChI is InChI=1S/C14H21BrO/c1-6-16-14-12(9(2)3)7-11(15)8-13(14)10(4)5/h7-10H,6H2,1-5H3. The van der Waals surface area contributed by atoms with Crippen molar-refractivity contribution in [3.05, 3.63) is 27.7 Å². The summed E-state index contributed by atoms with van der Waals surface area (Å²) >= 11 is 3.58. The molecule has 0 aliphatic heterocycles. The lowest BCUT2D eigenvalue weighted by Gasteiger charge is -2.20. The van der Waals surface area contributed by atoms with Crippen molar-refractivity contribution < 1.29 is 4.74 Å². The van der Waals surface area contributed by atoms with E-state index in [2.05, 4.69) is 55.8 Å². The summed E-state index contributed by atoms with van der Waals surface area (Å²) in [5, 5.41) is 0. The van der Waals surface area contributed by atoms with Crippen LogP contribution in [0, 0.1) is 0 Å². The molecule has 16 heavy (non-hydrogen) atoms. The zero-order valence-corrected chi connectivity index (χ0v) is 12.4. The normalized spacial score (nSPS) is 11.2. The molecule has 2 heteroatoms. The molecule has 0 heterocycles. The van der Waals surface area contributed by atoms with Crippen molar-refractivity contribution in [2.24, 2.45) is 0 Å². The van der Waals surface area contributed by atoms with Crippen LogP contribution in [-0.4, -0.2) is 6.61 Å². The van der Waals surface area contributed by atoms with Crippen LogP contribution >= 0.6 is 15.9 Å². The third kappa shape index (κ3) is 3.00. The molecule has 0 aliphatic carbocycles. The van der Waals surface area contributed by atoms with E-state index in [-0.39, 0.29) is 0 Å². The Bertz CT molecular complexity index is 327. The maximum Gasteiger partial charge on any atom is 0.126 e. The van der Waals surface area contributed by atoms with Crippen LogP contribution in [0.1, 0.15) is 57.6 Å².